The Morgan fingerprint density at radius 1 is 1.43 bits per heavy atom. The molecule has 0 bridgehead atoms. The molecule has 0 spiro atoms. The fourth-order valence-electron chi connectivity index (χ4n) is 2.58. The average Bonchev–Trinajstić information content (AvgIpc) is 2.95. The van der Waals surface area contributed by atoms with Crippen molar-refractivity contribution in [2.24, 2.45) is 0 Å². The van der Waals surface area contributed by atoms with Crippen molar-refractivity contribution >= 4 is 5.82 Å². The molecular formula is C15H19N5O. The molecule has 2 aromatic rings. The van der Waals surface area contributed by atoms with E-state index in [1.807, 2.05) is 18.3 Å². The third kappa shape index (κ3) is 3.66. The normalized spacial score (nSPS) is 18.6. The number of rotatable bonds is 5. The average molecular weight is 285 g/mol. The van der Waals surface area contributed by atoms with Crippen LogP contribution in [-0.4, -0.2) is 46.1 Å². The lowest BCUT2D eigenvalue weighted by Gasteiger charge is -2.17. The Balaban J connectivity index is 1.54. The SMILES string of the molecule is COc1cc(NC2CCN(Cc3cccnc3)C2)ncn1. The number of nitrogens with one attached hydrogen (secondary N) is 1. The molecule has 0 radical (unpaired) electrons. The molecule has 1 saturated heterocycles. The van der Waals surface area contributed by atoms with Crippen molar-refractivity contribution in [2.45, 2.75) is 19.0 Å². The summed E-state index contributed by atoms with van der Waals surface area (Å²) in [7, 11) is 1.61. The number of hydrogen-bond acceptors (Lipinski definition) is 6. The van der Waals surface area contributed by atoms with Crippen LogP contribution in [0, 0.1) is 0 Å². The maximum atomic E-state index is 5.11. The van der Waals surface area contributed by atoms with Crippen LogP contribution in [0.25, 0.3) is 0 Å². The Morgan fingerprint density at radius 2 is 2.38 bits per heavy atom. The third-order valence-corrected chi connectivity index (χ3v) is 3.60. The number of nitrogens with zero attached hydrogens (tertiary/aromatic N) is 4. The highest BCUT2D eigenvalue weighted by molar-refractivity contribution is 5.38. The van der Waals surface area contributed by atoms with E-state index in [4.69, 9.17) is 4.74 Å². The molecular weight excluding hydrogens is 266 g/mol. The predicted octanol–water partition coefficient (Wildman–Crippen LogP) is 1.57. The fourth-order valence-corrected chi connectivity index (χ4v) is 2.58. The van der Waals surface area contributed by atoms with E-state index < -0.39 is 0 Å². The van der Waals surface area contributed by atoms with Crippen molar-refractivity contribution in [1.29, 1.82) is 0 Å². The fraction of sp³-hybridized carbons (Fsp3) is 0.400. The van der Waals surface area contributed by atoms with Gasteiger partial charge in [-0.1, -0.05) is 6.07 Å². The zero-order valence-electron chi connectivity index (χ0n) is 12.1. The maximum absolute atomic E-state index is 5.11. The minimum Gasteiger partial charge on any atom is -0.481 e. The van der Waals surface area contributed by atoms with Crippen LogP contribution in [0.15, 0.2) is 36.9 Å². The molecule has 0 aromatic carbocycles. The van der Waals surface area contributed by atoms with Gasteiger partial charge in [0.25, 0.3) is 0 Å². The Bertz CT molecular complexity index is 577. The van der Waals surface area contributed by atoms with Crippen LogP contribution in [0.5, 0.6) is 5.88 Å². The van der Waals surface area contributed by atoms with Crippen molar-refractivity contribution in [3.63, 3.8) is 0 Å². The van der Waals surface area contributed by atoms with Crippen LogP contribution in [0.4, 0.5) is 5.82 Å². The maximum Gasteiger partial charge on any atom is 0.218 e. The minimum atomic E-state index is 0.404. The molecule has 6 heteroatoms. The summed E-state index contributed by atoms with van der Waals surface area (Å²) in [4.78, 5) is 14.8. The molecule has 6 nitrogen and oxygen atoms in total. The van der Waals surface area contributed by atoms with E-state index >= 15 is 0 Å². The molecule has 0 amide bonds. The van der Waals surface area contributed by atoms with E-state index in [-0.39, 0.29) is 0 Å². The van der Waals surface area contributed by atoms with E-state index in [9.17, 15) is 0 Å². The van der Waals surface area contributed by atoms with Crippen LogP contribution < -0.4 is 10.1 Å². The topological polar surface area (TPSA) is 63.2 Å². The van der Waals surface area contributed by atoms with Crippen LogP contribution in [-0.2, 0) is 6.54 Å². The molecule has 1 aliphatic heterocycles. The summed E-state index contributed by atoms with van der Waals surface area (Å²) >= 11 is 0. The minimum absolute atomic E-state index is 0.404. The van der Waals surface area contributed by atoms with E-state index in [0.29, 0.717) is 11.9 Å². The van der Waals surface area contributed by atoms with E-state index in [2.05, 4.69) is 31.2 Å². The highest BCUT2D eigenvalue weighted by Gasteiger charge is 2.22. The molecule has 1 fully saturated rings. The molecule has 21 heavy (non-hydrogen) atoms. The predicted molar refractivity (Wildman–Crippen MR) is 80.1 cm³/mol. The van der Waals surface area contributed by atoms with E-state index in [0.717, 1.165) is 31.9 Å². The summed E-state index contributed by atoms with van der Waals surface area (Å²) in [5.41, 5.74) is 1.25. The third-order valence-electron chi connectivity index (χ3n) is 3.60. The van der Waals surface area contributed by atoms with Crippen molar-refractivity contribution in [3.05, 3.63) is 42.5 Å². The van der Waals surface area contributed by atoms with Crippen molar-refractivity contribution in [1.82, 2.24) is 19.9 Å². The van der Waals surface area contributed by atoms with Gasteiger partial charge in [-0.2, -0.15) is 0 Å². The number of methoxy groups -OCH3 is 1. The number of pyridine rings is 1. The summed E-state index contributed by atoms with van der Waals surface area (Å²) in [6.07, 6.45) is 6.35. The Morgan fingerprint density at radius 3 is 3.19 bits per heavy atom. The molecule has 0 aliphatic carbocycles. The molecule has 0 saturated carbocycles. The highest BCUT2D eigenvalue weighted by atomic mass is 16.5. The van der Waals surface area contributed by atoms with Crippen LogP contribution >= 0.6 is 0 Å². The molecule has 2 aromatic heterocycles. The number of hydrogen-bond donors (Lipinski definition) is 1. The number of aromatic nitrogens is 3. The zero-order chi connectivity index (χ0) is 14.5. The van der Waals surface area contributed by atoms with Crippen molar-refractivity contribution in [3.8, 4) is 5.88 Å². The molecule has 1 aliphatic rings. The van der Waals surface area contributed by atoms with E-state index in [1.165, 1.54) is 11.9 Å². The number of ether oxygens (including phenoxy) is 1. The van der Waals surface area contributed by atoms with Gasteiger partial charge in [-0.05, 0) is 18.1 Å². The van der Waals surface area contributed by atoms with Gasteiger partial charge in [0, 0.05) is 44.1 Å². The van der Waals surface area contributed by atoms with Gasteiger partial charge < -0.3 is 10.1 Å². The second-order valence-electron chi connectivity index (χ2n) is 5.17. The van der Waals surface area contributed by atoms with Gasteiger partial charge >= 0.3 is 0 Å². The van der Waals surface area contributed by atoms with Gasteiger partial charge in [0.05, 0.1) is 7.11 Å². The Hall–Kier alpha value is -2.21. The molecule has 1 atom stereocenters. The Kier molecular flexibility index (Phi) is 4.25. The van der Waals surface area contributed by atoms with Crippen LogP contribution in [0.2, 0.25) is 0 Å². The quantitative estimate of drug-likeness (QED) is 0.899. The second-order valence-corrected chi connectivity index (χ2v) is 5.17. The van der Waals surface area contributed by atoms with E-state index in [1.54, 1.807) is 13.3 Å². The summed E-state index contributed by atoms with van der Waals surface area (Å²) < 4.78 is 5.11. The molecule has 110 valence electrons. The summed E-state index contributed by atoms with van der Waals surface area (Å²) in [6, 6.07) is 6.32. The first-order valence-corrected chi connectivity index (χ1v) is 7.07. The molecule has 3 rings (SSSR count). The first-order valence-electron chi connectivity index (χ1n) is 7.07. The lowest BCUT2D eigenvalue weighted by molar-refractivity contribution is 0.328. The van der Waals surface area contributed by atoms with Crippen LogP contribution in [0.3, 0.4) is 0 Å². The molecule has 1 unspecified atom stereocenters. The number of likely N-dealkylation sites (tertiary alicyclic amines) is 1. The lowest BCUT2D eigenvalue weighted by atomic mass is 10.2. The highest BCUT2D eigenvalue weighted by Crippen LogP contribution is 2.18. The van der Waals surface area contributed by atoms with Gasteiger partial charge in [-0.15, -0.1) is 0 Å². The van der Waals surface area contributed by atoms with Crippen LogP contribution in [0.1, 0.15) is 12.0 Å². The summed E-state index contributed by atoms with van der Waals surface area (Å²) in [5, 5.41) is 3.44. The monoisotopic (exact) mass is 285 g/mol. The van der Waals surface area contributed by atoms with Gasteiger partial charge in [0.1, 0.15) is 12.1 Å². The first kappa shape index (κ1) is 13.8. The van der Waals surface area contributed by atoms with Gasteiger partial charge in [0.15, 0.2) is 0 Å². The summed E-state index contributed by atoms with van der Waals surface area (Å²) in [6.45, 7) is 3.02. The zero-order valence-corrected chi connectivity index (χ0v) is 12.1. The number of anilines is 1. The second kappa shape index (κ2) is 6.49. The van der Waals surface area contributed by atoms with Gasteiger partial charge in [0.2, 0.25) is 5.88 Å². The molecule has 3 heterocycles. The summed E-state index contributed by atoms with van der Waals surface area (Å²) in [5.74, 6) is 1.40. The standard InChI is InChI=1S/C15H19N5O/c1-21-15-7-14(17-11-18-15)19-13-4-6-20(10-13)9-12-3-2-5-16-8-12/h2-3,5,7-8,11,13H,4,6,9-10H2,1H3,(H,17,18,19). The van der Waals surface area contributed by atoms with Crippen molar-refractivity contribution in [2.75, 3.05) is 25.5 Å². The largest absolute Gasteiger partial charge is 0.481 e. The molecule has 1 N–H and O–H groups in total. The smallest absolute Gasteiger partial charge is 0.218 e. The lowest BCUT2D eigenvalue weighted by Crippen LogP contribution is -2.26. The van der Waals surface area contributed by atoms with Gasteiger partial charge in [-0.3, -0.25) is 9.88 Å². The van der Waals surface area contributed by atoms with Gasteiger partial charge in [-0.25, -0.2) is 9.97 Å². The Labute approximate surface area is 124 Å². The first-order chi connectivity index (χ1) is 10.3. The van der Waals surface area contributed by atoms with Crippen molar-refractivity contribution < 1.29 is 4.74 Å².